The molecule has 2 N–H and O–H groups in total. The monoisotopic (exact) mass is 497 g/mol. The Morgan fingerprint density at radius 2 is 2.08 bits per heavy atom. The minimum absolute atomic E-state index is 0. The van der Waals surface area contributed by atoms with E-state index in [1.807, 2.05) is 31.2 Å². The van der Waals surface area contributed by atoms with Crippen molar-refractivity contribution in [2.75, 3.05) is 46.1 Å². The van der Waals surface area contributed by atoms with Crippen LogP contribution in [0.1, 0.15) is 19.8 Å². The summed E-state index contributed by atoms with van der Waals surface area (Å²) in [4.78, 5) is 4.54. The molecule has 1 heterocycles. The van der Waals surface area contributed by atoms with Crippen molar-refractivity contribution in [2.45, 2.75) is 25.9 Å². The van der Waals surface area contributed by atoms with Gasteiger partial charge in [-0.25, -0.2) is 0 Å². The lowest BCUT2D eigenvalue weighted by Crippen LogP contribution is -2.39. The van der Waals surface area contributed by atoms with Gasteiger partial charge in [-0.1, -0.05) is 11.6 Å². The van der Waals surface area contributed by atoms with Gasteiger partial charge < -0.3 is 24.8 Å². The quantitative estimate of drug-likeness (QED) is 0.225. The van der Waals surface area contributed by atoms with Crippen molar-refractivity contribution in [2.24, 2.45) is 4.99 Å². The third kappa shape index (κ3) is 9.80. The van der Waals surface area contributed by atoms with Crippen LogP contribution in [-0.2, 0) is 9.47 Å². The predicted octanol–water partition coefficient (Wildman–Crippen LogP) is 3.09. The summed E-state index contributed by atoms with van der Waals surface area (Å²) in [7, 11) is 0. The molecule has 1 aliphatic rings. The van der Waals surface area contributed by atoms with Gasteiger partial charge in [0.05, 0.1) is 19.3 Å². The summed E-state index contributed by atoms with van der Waals surface area (Å²) in [6.07, 6.45) is 2.16. The Balaban J connectivity index is 0.00000338. The van der Waals surface area contributed by atoms with Gasteiger partial charge in [0.15, 0.2) is 5.96 Å². The van der Waals surface area contributed by atoms with Crippen LogP contribution in [0.4, 0.5) is 0 Å². The summed E-state index contributed by atoms with van der Waals surface area (Å²) < 4.78 is 16.7. The van der Waals surface area contributed by atoms with Gasteiger partial charge in [0.25, 0.3) is 0 Å². The number of hydrogen-bond donors (Lipinski definition) is 2. The van der Waals surface area contributed by atoms with E-state index < -0.39 is 0 Å². The van der Waals surface area contributed by atoms with Gasteiger partial charge in [-0.3, -0.25) is 4.99 Å². The zero-order chi connectivity index (χ0) is 17.7. The van der Waals surface area contributed by atoms with Crippen LogP contribution in [0.3, 0.4) is 0 Å². The highest BCUT2D eigenvalue weighted by Gasteiger charge is 2.15. The van der Waals surface area contributed by atoms with Crippen LogP contribution in [0.5, 0.6) is 5.75 Å². The van der Waals surface area contributed by atoms with Gasteiger partial charge in [0.1, 0.15) is 12.4 Å². The Morgan fingerprint density at radius 1 is 1.27 bits per heavy atom. The molecule has 1 aromatic rings. The molecule has 6 nitrogen and oxygen atoms in total. The van der Waals surface area contributed by atoms with Crippen LogP contribution in [0.25, 0.3) is 0 Å². The normalized spacial score (nSPS) is 16.8. The first kappa shape index (κ1) is 23.3. The van der Waals surface area contributed by atoms with Gasteiger partial charge in [0.2, 0.25) is 0 Å². The molecule has 1 fully saturated rings. The molecule has 0 aromatic heterocycles. The lowest BCUT2D eigenvalue weighted by Gasteiger charge is -2.12. The van der Waals surface area contributed by atoms with E-state index in [4.69, 9.17) is 25.8 Å². The first-order chi connectivity index (χ1) is 12.3. The number of halogens is 2. The third-order valence-electron chi connectivity index (χ3n) is 3.63. The Hall–Kier alpha value is -0.770. The third-order valence-corrected chi connectivity index (χ3v) is 3.89. The minimum Gasteiger partial charge on any atom is -0.492 e. The second-order valence-corrected chi connectivity index (χ2v) is 6.14. The van der Waals surface area contributed by atoms with E-state index in [0.29, 0.717) is 18.2 Å². The summed E-state index contributed by atoms with van der Waals surface area (Å²) in [6.45, 7) is 7.07. The zero-order valence-corrected chi connectivity index (χ0v) is 18.3. The van der Waals surface area contributed by atoms with E-state index in [1.165, 1.54) is 0 Å². The van der Waals surface area contributed by atoms with Crippen LogP contribution >= 0.6 is 35.6 Å². The van der Waals surface area contributed by atoms with Crippen LogP contribution in [0, 0.1) is 0 Å². The summed E-state index contributed by atoms with van der Waals surface area (Å²) in [5.74, 6) is 1.60. The zero-order valence-electron chi connectivity index (χ0n) is 15.2. The molecule has 0 spiro atoms. The van der Waals surface area contributed by atoms with E-state index in [0.717, 1.165) is 57.5 Å². The van der Waals surface area contributed by atoms with E-state index in [2.05, 4.69) is 15.6 Å². The molecule has 1 aromatic carbocycles. The van der Waals surface area contributed by atoms with Crippen LogP contribution in [-0.4, -0.2) is 58.1 Å². The topological polar surface area (TPSA) is 64.1 Å². The molecule has 8 heteroatoms. The van der Waals surface area contributed by atoms with Crippen molar-refractivity contribution in [3.8, 4) is 5.75 Å². The Bertz CT molecular complexity index is 511. The molecule has 0 bridgehead atoms. The molecule has 0 radical (unpaired) electrons. The maximum absolute atomic E-state index is 5.85. The van der Waals surface area contributed by atoms with Gasteiger partial charge in [-0.15, -0.1) is 24.0 Å². The maximum Gasteiger partial charge on any atom is 0.191 e. The molecule has 0 amide bonds. The first-order valence-electron chi connectivity index (χ1n) is 8.88. The standard InChI is InChI=1S/C18H28ClN3O3.HI/c1-2-20-18(21-9-3-11-24-17-8-12-23-14-17)22-10-13-25-16-6-4-15(19)5-7-16;/h4-7,17H,2-3,8-14H2,1H3,(H2,20,21,22);1H. The molecular formula is C18H29ClIN3O3. The van der Waals surface area contributed by atoms with Gasteiger partial charge >= 0.3 is 0 Å². The average molecular weight is 498 g/mol. The Labute approximate surface area is 178 Å². The maximum atomic E-state index is 5.85. The molecule has 26 heavy (non-hydrogen) atoms. The van der Waals surface area contributed by atoms with Crippen molar-refractivity contribution >= 4 is 41.5 Å². The number of benzene rings is 1. The summed E-state index contributed by atoms with van der Waals surface area (Å²) in [6, 6.07) is 7.35. The van der Waals surface area contributed by atoms with Crippen LogP contribution < -0.4 is 15.4 Å². The molecule has 1 atom stereocenters. The minimum atomic E-state index is 0. The number of aliphatic imine (C=N–C) groups is 1. The van der Waals surface area contributed by atoms with Crippen LogP contribution in [0.2, 0.25) is 5.02 Å². The lowest BCUT2D eigenvalue weighted by atomic mass is 10.3. The fourth-order valence-electron chi connectivity index (χ4n) is 2.36. The van der Waals surface area contributed by atoms with Gasteiger partial charge in [-0.2, -0.15) is 0 Å². The van der Waals surface area contributed by atoms with E-state index in [-0.39, 0.29) is 30.1 Å². The molecule has 0 saturated carbocycles. The van der Waals surface area contributed by atoms with Crippen molar-refractivity contribution in [3.05, 3.63) is 29.3 Å². The van der Waals surface area contributed by atoms with Crippen LogP contribution in [0.15, 0.2) is 29.3 Å². The van der Waals surface area contributed by atoms with Crippen molar-refractivity contribution in [3.63, 3.8) is 0 Å². The highest BCUT2D eigenvalue weighted by molar-refractivity contribution is 14.0. The number of hydrogen-bond acceptors (Lipinski definition) is 4. The summed E-state index contributed by atoms with van der Waals surface area (Å²) in [5.41, 5.74) is 0. The van der Waals surface area contributed by atoms with Crippen molar-refractivity contribution in [1.82, 2.24) is 10.6 Å². The molecule has 0 aliphatic carbocycles. The fraction of sp³-hybridized carbons (Fsp3) is 0.611. The van der Waals surface area contributed by atoms with E-state index in [1.54, 1.807) is 0 Å². The Morgan fingerprint density at radius 3 is 2.77 bits per heavy atom. The SMILES string of the molecule is CCNC(=NCCCOC1CCOC1)NCCOc1ccc(Cl)cc1.I. The van der Waals surface area contributed by atoms with E-state index >= 15 is 0 Å². The number of nitrogens with one attached hydrogen (secondary N) is 2. The second kappa shape index (κ2) is 14.3. The molecule has 1 saturated heterocycles. The average Bonchev–Trinajstić information content (AvgIpc) is 3.13. The fourth-order valence-corrected chi connectivity index (χ4v) is 2.49. The molecule has 1 aliphatic heterocycles. The largest absolute Gasteiger partial charge is 0.492 e. The Kier molecular flexibility index (Phi) is 12.8. The second-order valence-electron chi connectivity index (χ2n) is 5.70. The number of nitrogens with zero attached hydrogens (tertiary/aromatic N) is 1. The molecular weight excluding hydrogens is 469 g/mol. The first-order valence-corrected chi connectivity index (χ1v) is 9.25. The van der Waals surface area contributed by atoms with Gasteiger partial charge in [0, 0.05) is 31.3 Å². The molecule has 148 valence electrons. The summed E-state index contributed by atoms with van der Waals surface area (Å²) in [5, 5.41) is 7.19. The van der Waals surface area contributed by atoms with Crippen molar-refractivity contribution in [1.29, 1.82) is 0 Å². The van der Waals surface area contributed by atoms with E-state index in [9.17, 15) is 0 Å². The highest BCUT2D eigenvalue weighted by atomic mass is 127. The van der Waals surface area contributed by atoms with Crippen molar-refractivity contribution < 1.29 is 14.2 Å². The number of rotatable bonds is 10. The number of ether oxygens (including phenoxy) is 3. The molecule has 1 unspecified atom stereocenters. The lowest BCUT2D eigenvalue weighted by molar-refractivity contribution is 0.0424. The molecule has 2 rings (SSSR count). The van der Waals surface area contributed by atoms with Gasteiger partial charge in [-0.05, 0) is 44.0 Å². The number of guanidine groups is 1. The smallest absolute Gasteiger partial charge is 0.191 e. The summed E-state index contributed by atoms with van der Waals surface area (Å²) >= 11 is 5.85. The highest BCUT2D eigenvalue weighted by Crippen LogP contribution is 2.15. The predicted molar refractivity (Wildman–Crippen MR) is 116 cm³/mol.